The highest BCUT2D eigenvalue weighted by molar-refractivity contribution is 5.92. The van der Waals surface area contributed by atoms with E-state index >= 15 is 0 Å². The highest BCUT2D eigenvalue weighted by Gasteiger charge is 2.18. The standard InChI is InChI=1S/C20H18FN7O2/c1-30-20(29)24-16-17(22)25-19(26-18(16)23)28-15-9-5-3-7-12(15)14(27-28)10-11-6-2-4-8-13(11)21/h2-9H,10H2,1H3,(H,24,29)(H4,22,23,25,26). The Morgan fingerprint density at radius 2 is 1.77 bits per heavy atom. The number of aromatic nitrogens is 4. The third-order valence-corrected chi connectivity index (χ3v) is 4.53. The van der Waals surface area contributed by atoms with E-state index in [1.165, 1.54) is 17.9 Å². The Morgan fingerprint density at radius 1 is 1.10 bits per heavy atom. The number of fused-ring (bicyclic) bond motifs is 1. The number of nitrogen functional groups attached to an aromatic ring is 2. The van der Waals surface area contributed by atoms with E-state index in [1.807, 2.05) is 24.3 Å². The van der Waals surface area contributed by atoms with Gasteiger partial charge in [-0.1, -0.05) is 36.4 Å². The number of hydrogen-bond donors (Lipinski definition) is 3. The van der Waals surface area contributed by atoms with Crippen LogP contribution in [0, 0.1) is 5.82 Å². The number of methoxy groups -OCH3 is 1. The molecule has 0 spiro atoms. The number of anilines is 3. The molecule has 10 heteroatoms. The highest BCUT2D eigenvalue weighted by Crippen LogP contribution is 2.27. The fourth-order valence-electron chi connectivity index (χ4n) is 3.10. The van der Waals surface area contributed by atoms with Gasteiger partial charge in [0, 0.05) is 11.8 Å². The summed E-state index contributed by atoms with van der Waals surface area (Å²) in [7, 11) is 1.21. The smallest absolute Gasteiger partial charge is 0.411 e. The number of rotatable bonds is 4. The first-order chi connectivity index (χ1) is 14.5. The molecule has 0 saturated heterocycles. The first kappa shape index (κ1) is 19.1. The van der Waals surface area contributed by atoms with Crippen LogP contribution in [0.3, 0.4) is 0 Å². The van der Waals surface area contributed by atoms with Crippen LogP contribution in [-0.2, 0) is 11.2 Å². The maximum atomic E-state index is 14.2. The molecule has 5 N–H and O–H groups in total. The van der Waals surface area contributed by atoms with E-state index in [9.17, 15) is 9.18 Å². The Balaban J connectivity index is 1.80. The predicted molar refractivity (Wildman–Crippen MR) is 111 cm³/mol. The molecule has 0 atom stereocenters. The zero-order chi connectivity index (χ0) is 21.3. The SMILES string of the molecule is COC(=O)Nc1c(N)nc(-n2nc(Cc3ccccc3F)c3ccccc32)nc1N. The molecule has 2 aromatic carbocycles. The van der Waals surface area contributed by atoms with Crippen LogP contribution in [0.25, 0.3) is 16.9 Å². The van der Waals surface area contributed by atoms with Crippen LogP contribution >= 0.6 is 0 Å². The van der Waals surface area contributed by atoms with E-state index in [0.29, 0.717) is 16.8 Å². The van der Waals surface area contributed by atoms with E-state index < -0.39 is 6.09 Å². The molecule has 0 unspecified atom stereocenters. The normalized spacial score (nSPS) is 10.9. The fourth-order valence-corrected chi connectivity index (χ4v) is 3.10. The van der Waals surface area contributed by atoms with Gasteiger partial charge in [0.25, 0.3) is 5.95 Å². The summed E-state index contributed by atoms with van der Waals surface area (Å²) in [4.78, 5) is 19.9. The van der Waals surface area contributed by atoms with Gasteiger partial charge in [-0.05, 0) is 17.7 Å². The molecule has 2 heterocycles. The Morgan fingerprint density at radius 3 is 2.47 bits per heavy atom. The minimum absolute atomic E-state index is 0.0434. The molecule has 2 aromatic heterocycles. The lowest BCUT2D eigenvalue weighted by atomic mass is 10.1. The zero-order valence-corrected chi connectivity index (χ0v) is 16.0. The molecular formula is C20H18FN7O2. The third kappa shape index (κ3) is 3.46. The van der Waals surface area contributed by atoms with Crippen molar-refractivity contribution in [3.05, 3.63) is 65.6 Å². The molecule has 0 aliphatic carbocycles. The lowest BCUT2D eigenvalue weighted by Gasteiger charge is -2.11. The number of amides is 1. The first-order valence-corrected chi connectivity index (χ1v) is 8.96. The highest BCUT2D eigenvalue weighted by atomic mass is 19.1. The van der Waals surface area contributed by atoms with Gasteiger partial charge < -0.3 is 16.2 Å². The molecule has 30 heavy (non-hydrogen) atoms. The molecule has 152 valence electrons. The molecule has 9 nitrogen and oxygen atoms in total. The Bertz CT molecular complexity index is 1230. The molecule has 0 aliphatic heterocycles. The zero-order valence-electron chi connectivity index (χ0n) is 16.0. The Hall–Kier alpha value is -4.21. The lowest BCUT2D eigenvalue weighted by Crippen LogP contribution is -2.17. The van der Waals surface area contributed by atoms with Gasteiger partial charge in [0.05, 0.1) is 18.3 Å². The summed E-state index contributed by atoms with van der Waals surface area (Å²) in [5.74, 6) is -0.272. The van der Waals surface area contributed by atoms with Crippen molar-refractivity contribution in [3.8, 4) is 5.95 Å². The molecule has 0 aliphatic rings. The second-order valence-electron chi connectivity index (χ2n) is 6.43. The quantitative estimate of drug-likeness (QED) is 0.473. The van der Waals surface area contributed by atoms with Crippen LogP contribution in [0.15, 0.2) is 48.5 Å². The van der Waals surface area contributed by atoms with Crippen LogP contribution in [-0.4, -0.2) is 33.0 Å². The number of nitrogens with one attached hydrogen (secondary N) is 1. The molecule has 4 rings (SSSR count). The van der Waals surface area contributed by atoms with Crippen molar-refractivity contribution in [1.82, 2.24) is 19.7 Å². The predicted octanol–water partition coefficient (Wildman–Crippen LogP) is 2.89. The Kier molecular flexibility index (Phi) is 4.88. The van der Waals surface area contributed by atoms with Crippen molar-refractivity contribution in [3.63, 3.8) is 0 Å². The largest absolute Gasteiger partial charge is 0.453 e. The topological polar surface area (TPSA) is 134 Å². The van der Waals surface area contributed by atoms with E-state index in [-0.39, 0.29) is 35.5 Å². The van der Waals surface area contributed by atoms with Gasteiger partial charge in [0.1, 0.15) is 11.5 Å². The van der Waals surface area contributed by atoms with Crippen LogP contribution in [0.5, 0.6) is 0 Å². The molecular weight excluding hydrogens is 389 g/mol. The van der Waals surface area contributed by atoms with Gasteiger partial charge in [-0.15, -0.1) is 0 Å². The van der Waals surface area contributed by atoms with Crippen molar-refractivity contribution < 1.29 is 13.9 Å². The van der Waals surface area contributed by atoms with Crippen LogP contribution in [0.2, 0.25) is 0 Å². The van der Waals surface area contributed by atoms with Gasteiger partial charge in [-0.3, -0.25) is 5.32 Å². The number of halogens is 1. The third-order valence-electron chi connectivity index (χ3n) is 4.53. The second kappa shape index (κ2) is 7.66. The number of hydrogen-bond acceptors (Lipinski definition) is 7. The van der Waals surface area contributed by atoms with Crippen molar-refractivity contribution in [2.24, 2.45) is 0 Å². The monoisotopic (exact) mass is 407 g/mol. The van der Waals surface area contributed by atoms with Crippen LogP contribution in [0.1, 0.15) is 11.3 Å². The summed E-state index contributed by atoms with van der Waals surface area (Å²) in [6, 6.07) is 14.0. The number of benzene rings is 2. The van der Waals surface area contributed by atoms with Crippen molar-refractivity contribution in [1.29, 1.82) is 0 Å². The molecule has 4 aromatic rings. The fraction of sp³-hybridized carbons (Fsp3) is 0.100. The summed E-state index contributed by atoms with van der Waals surface area (Å²) in [5.41, 5.74) is 13.8. The average molecular weight is 407 g/mol. The van der Waals surface area contributed by atoms with Gasteiger partial charge >= 0.3 is 6.09 Å². The minimum atomic E-state index is -0.749. The minimum Gasteiger partial charge on any atom is -0.453 e. The lowest BCUT2D eigenvalue weighted by molar-refractivity contribution is 0.187. The number of ether oxygens (including phenoxy) is 1. The molecule has 0 saturated carbocycles. The number of para-hydroxylation sites is 1. The summed E-state index contributed by atoms with van der Waals surface area (Å²) in [5, 5.41) is 7.79. The second-order valence-corrected chi connectivity index (χ2v) is 6.43. The molecule has 0 fully saturated rings. The number of carbonyl (C=O) groups is 1. The average Bonchev–Trinajstić information content (AvgIpc) is 3.10. The van der Waals surface area contributed by atoms with Gasteiger partial charge in [-0.2, -0.15) is 19.7 Å². The molecule has 1 amide bonds. The van der Waals surface area contributed by atoms with Crippen LogP contribution < -0.4 is 16.8 Å². The first-order valence-electron chi connectivity index (χ1n) is 8.96. The molecule has 0 bridgehead atoms. The van der Waals surface area contributed by atoms with Gasteiger partial charge in [0.2, 0.25) is 0 Å². The van der Waals surface area contributed by atoms with E-state index in [4.69, 9.17) is 11.5 Å². The Labute approximate surface area is 170 Å². The molecule has 0 radical (unpaired) electrons. The maximum Gasteiger partial charge on any atom is 0.411 e. The van der Waals surface area contributed by atoms with Crippen molar-refractivity contribution in [2.75, 3.05) is 23.9 Å². The van der Waals surface area contributed by atoms with Crippen LogP contribution in [0.4, 0.5) is 26.5 Å². The number of nitrogens with zero attached hydrogens (tertiary/aromatic N) is 4. The summed E-state index contributed by atoms with van der Waals surface area (Å²) in [6.45, 7) is 0. The van der Waals surface area contributed by atoms with E-state index in [2.05, 4.69) is 25.1 Å². The number of carbonyl (C=O) groups excluding carboxylic acids is 1. The van der Waals surface area contributed by atoms with Crippen molar-refractivity contribution >= 4 is 34.3 Å². The van der Waals surface area contributed by atoms with Gasteiger partial charge in [-0.25, -0.2) is 9.18 Å². The van der Waals surface area contributed by atoms with E-state index in [0.717, 1.165) is 5.39 Å². The van der Waals surface area contributed by atoms with Gasteiger partial charge in [0.15, 0.2) is 11.6 Å². The van der Waals surface area contributed by atoms with E-state index in [1.54, 1.807) is 18.2 Å². The van der Waals surface area contributed by atoms with Crippen molar-refractivity contribution in [2.45, 2.75) is 6.42 Å². The maximum absolute atomic E-state index is 14.2. The summed E-state index contributed by atoms with van der Waals surface area (Å²) in [6.07, 6.45) is -0.464. The summed E-state index contributed by atoms with van der Waals surface area (Å²) >= 11 is 0. The number of nitrogens with two attached hydrogens (primary N) is 2. The summed E-state index contributed by atoms with van der Waals surface area (Å²) < 4.78 is 20.2.